The molecule has 1 heterocycles. The molecule has 1 aromatic carbocycles. The van der Waals surface area contributed by atoms with Crippen molar-refractivity contribution in [3.05, 3.63) is 29.1 Å². The molecular formula is C25H32FNO4. The van der Waals surface area contributed by atoms with Crippen LogP contribution in [0.5, 0.6) is 5.75 Å². The third kappa shape index (κ3) is 3.94. The molecule has 5 nitrogen and oxygen atoms in total. The Balaban J connectivity index is 1.31. The molecule has 2 atom stereocenters. The van der Waals surface area contributed by atoms with Crippen LogP contribution in [0.1, 0.15) is 86.6 Å². The standard InChI is InChI=1S/C25H32FNO4/c1-15-6-8-25(9-7-15)13-17(25)14-31-22-12-20(26)19(11-18(22)16-4-5-16)23(28)27-10-2-3-21(27)24(29)30/h11-12,15-17,21H,2-10,13-14H2,1H3,(H,29,30)/t15?,17?,21-,25?/m0/s1. The zero-order valence-corrected chi connectivity index (χ0v) is 18.2. The average molecular weight is 430 g/mol. The molecule has 1 saturated heterocycles. The van der Waals surface area contributed by atoms with E-state index in [0.29, 0.717) is 49.0 Å². The molecule has 0 radical (unpaired) electrons. The molecule has 1 unspecified atom stereocenters. The minimum atomic E-state index is -1.02. The fourth-order valence-corrected chi connectivity index (χ4v) is 5.80. The first-order valence-electron chi connectivity index (χ1n) is 11.9. The van der Waals surface area contributed by atoms with Crippen LogP contribution in [0.4, 0.5) is 4.39 Å². The largest absolute Gasteiger partial charge is 0.493 e. The molecule has 1 spiro atoms. The number of aliphatic carboxylic acids is 1. The lowest BCUT2D eigenvalue weighted by molar-refractivity contribution is -0.141. The van der Waals surface area contributed by atoms with Crippen LogP contribution in [-0.2, 0) is 4.79 Å². The average Bonchev–Trinajstić information content (AvgIpc) is 3.65. The Hall–Kier alpha value is -2.11. The van der Waals surface area contributed by atoms with Crippen molar-refractivity contribution in [1.29, 1.82) is 0 Å². The molecule has 5 rings (SSSR count). The summed E-state index contributed by atoms with van der Waals surface area (Å²) in [5.74, 6) is 0.0932. The molecule has 1 aromatic rings. The van der Waals surface area contributed by atoms with Gasteiger partial charge < -0.3 is 14.7 Å². The second-order valence-corrected chi connectivity index (χ2v) is 10.4. The summed E-state index contributed by atoms with van der Waals surface area (Å²) in [7, 11) is 0. The number of ether oxygens (including phenoxy) is 1. The van der Waals surface area contributed by atoms with Crippen molar-refractivity contribution in [3.8, 4) is 5.75 Å². The second kappa shape index (κ2) is 7.79. The van der Waals surface area contributed by atoms with Gasteiger partial charge in [0.2, 0.25) is 0 Å². The molecule has 31 heavy (non-hydrogen) atoms. The van der Waals surface area contributed by atoms with Crippen LogP contribution < -0.4 is 4.74 Å². The van der Waals surface area contributed by atoms with Gasteiger partial charge in [0.15, 0.2) is 0 Å². The number of nitrogens with zero attached hydrogens (tertiary/aromatic N) is 1. The van der Waals surface area contributed by atoms with Gasteiger partial charge in [0, 0.05) is 12.6 Å². The van der Waals surface area contributed by atoms with E-state index in [-0.39, 0.29) is 5.56 Å². The van der Waals surface area contributed by atoms with E-state index in [1.165, 1.54) is 43.1 Å². The maximum absolute atomic E-state index is 15.0. The Morgan fingerprint density at radius 2 is 1.94 bits per heavy atom. The van der Waals surface area contributed by atoms with Crippen LogP contribution in [0, 0.1) is 23.1 Å². The van der Waals surface area contributed by atoms with E-state index in [1.54, 1.807) is 6.07 Å². The smallest absolute Gasteiger partial charge is 0.326 e. The fourth-order valence-electron chi connectivity index (χ4n) is 5.80. The van der Waals surface area contributed by atoms with Crippen molar-refractivity contribution in [2.45, 2.75) is 76.7 Å². The summed E-state index contributed by atoms with van der Waals surface area (Å²) in [4.78, 5) is 25.7. The van der Waals surface area contributed by atoms with Crippen molar-refractivity contribution in [2.24, 2.45) is 17.3 Å². The predicted molar refractivity (Wildman–Crippen MR) is 114 cm³/mol. The zero-order valence-electron chi connectivity index (χ0n) is 18.2. The number of benzene rings is 1. The highest BCUT2D eigenvalue weighted by atomic mass is 19.1. The van der Waals surface area contributed by atoms with Crippen LogP contribution in [0.2, 0.25) is 0 Å². The van der Waals surface area contributed by atoms with Gasteiger partial charge in [-0.05, 0) is 79.7 Å². The highest BCUT2D eigenvalue weighted by molar-refractivity contribution is 5.97. The number of carboxylic acids is 1. The Morgan fingerprint density at radius 1 is 1.19 bits per heavy atom. The van der Waals surface area contributed by atoms with E-state index in [2.05, 4.69) is 6.92 Å². The van der Waals surface area contributed by atoms with Crippen LogP contribution in [0.3, 0.4) is 0 Å². The molecule has 4 aliphatic rings. The molecule has 1 N–H and O–H groups in total. The van der Waals surface area contributed by atoms with Crippen LogP contribution in [0.15, 0.2) is 12.1 Å². The number of likely N-dealkylation sites (tertiary alicyclic amines) is 1. The van der Waals surface area contributed by atoms with Gasteiger partial charge in [-0.1, -0.05) is 19.8 Å². The molecule has 4 fully saturated rings. The van der Waals surface area contributed by atoms with Gasteiger partial charge in [-0.2, -0.15) is 0 Å². The van der Waals surface area contributed by atoms with E-state index in [0.717, 1.165) is 24.3 Å². The minimum absolute atomic E-state index is 0.0217. The van der Waals surface area contributed by atoms with Crippen molar-refractivity contribution in [3.63, 3.8) is 0 Å². The van der Waals surface area contributed by atoms with E-state index >= 15 is 4.39 Å². The van der Waals surface area contributed by atoms with E-state index < -0.39 is 23.7 Å². The highest BCUT2D eigenvalue weighted by Crippen LogP contribution is 2.62. The number of carboxylic acid groups (broad SMARTS) is 1. The lowest BCUT2D eigenvalue weighted by atomic mass is 9.79. The third-order valence-electron chi connectivity index (χ3n) is 8.21. The lowest BCUT2D eigenvalue weighted by Crippen LogP contribution is -2.40. The van der Waals surface area contributed by atoms with Crippen LogP contribution in [-0.4, -0.2) is 41.1 Å². The highest BCUT2D eigenvalue weighted by Gasteiger charge is 2.54. The van der Waals surface area contributed by atoms with Gasteiger partial charge in [0.1, 0.15) is 17.6 Å². The van der Waals surface area contributed by atoms with Gasteiger partial charge >= 0.3 is 5.97 Å². The van der Waals surface area contributed by atoms with Crippen LogP contribution in [0.25, 0.3) is 0 Å². The Kier molecular flexibility index (Phi) is 5.22. The Morgan fingerprint density at radius 3 is 2.61 bits per heavy atom. The van der Waals surface area contributed by atoms with E-state index in [1.807, 2.05) is 0 Å². The van der Waals surface area contributed by atoms with Gasteiger partial charge in [-0.25, -0.2) is 9.18 Å². The van der Waals surface area contributed by atoms with Gasteiger partial charge in [-0.15, -0.1) is 0 Å². The molecule has 6 heteroatoms. The topological polar surface area (TPSA) is 66.8 Å². The summed E-state index contributed by atoms with van der Waals surface area (Å²) >= 11 is 0. The van der Waals surface area contributed by atoms with Gasteiger partial charge in [0.25, 0.3) is 5.91 Å². The monoisotopic (exact) mass is 429 g/mol. The number of rotatable bonds is 6. The first kappa shape index (κ1) is 20.8. The maximum Gasteiger partial charge on any atom is 0.326 e. The molecule has 3 saturated carbocycles. The molecule has 1 amide bonds. The summed E-state index contributed by atoms with van der Waals surface area (Å²) in [5, 5.41) is 9.39. The first-order valence-corrected chi connectivity index (χ1v) is 11.9. The molecule has 0 bridgehead atoms. The lowest BCUT2D eigenvalue weighted by Gasteiger charge is -2.27. The zero-order chi connectivity index (χ0) is 21.8. The first-order chi connectivity index (χ1) is 14.9. The molecule has 0 aromatic heterocycles. The Bertz CT molecular complexity index is 888. The van der Waals surface area contributed by atoms with Crippen molar-refractivity contribution < 1.29 is 23.8 Å². The predicted octanol–water partition coefficient (Wildman–Crippen LogP) is 4.99. The SMILES string of the molecule is CC1CCC2(CC1)CC2COc1cc(F)c(C(=O)N2CCC[C@H]2C(=O)O)cc1C1CC1. The number of halogens is 1. The van der Waals surface area contributed by atoms with Crippen molar-refractivity contribution >= 4 is 11.9 Å². The van der Waals surface area contributed by atoms with E-state index in [4.69, 9.17) is 4.74 Å². The third-order valence-corrected chi connectivity index (χ3v) is 8.21. The number of carbonyl (C=O) groups is 2. The molecular weight excluding hydrogens is 397 g/mol. The summed E-state index contributed by atoms with van der Waals surface area (Å²) in [6.07, 6.45) is 9.43. The Labute approximate surface area is 182 Å². The quantitative estimate of drug-likeness (QED) is 0.692. The summed E-state index contributed by atoms with van der Waals surface area (Å²) in [6.45, 7) is 3.30. The van der Waals surface area contributed by atoms with Crippen molar-refractivity contribution in [1.82, 2.24) is 4.90 Å². The summed E-state index contributed by atoms with van der Waals surface area (Å²) in [5.41, 5.74) is 1.33. The normalized spacial score (nSPS) is 32.3. The number of hydrogen-bond acceptors (Lipinski definition) is 3. The minimum Gasteiger partial charge on any atom is -0.493 e. The number of hydrogen-bond donors (Lipinski definition) is 1. The molecule has 168 valence electrons. The van der Waals surface area contributed by atoms with E-state index in [9.17, 15) is 14.7 Å². The summed E-state index contributed by atoms with van der Waals surface area (Å²) < 4.78 is 21.2. The molecule has 1 aliphatic heterocycles. The maximum atomic E-state index is 15.0. The second-order valence-electron chi connectivity index (χ2n) is 10.4. The number of amides is 1. The van der Waals surface area contributed by atoms with Crippen LogP contribution >= 0.6 is 0 Å². The van der Waals surface area contributed by atoms with Gasteiger partial charge in [0.05, 0.1) is 12.2 Å². The molecule has 3 aliphatic carbocycles. The fraction of sp³-hybridized carbons (Fsp3) is 0.680. The number of carbonyl (C=O) groups excluding carboxylic acids is 1. The van der Waals surface area contributed by atoms with Crippen molar-refractivity contribution in [2.75, 3.05) is 13.2 Å². The van der Waals surface area contributed by atoms with Gasteiger partial charge in [-0.3, -0.25) is 4.79 Å². The summed E-state index contributed by atoms with van der Waals surface area (Å²) in [6, 6.07) is 2.13.